The molecule has 0 amide bonds. The van der Waals surface area contributed by atoms with E-state index >= 15 is 0 Å². The Kier molecular flexibility index (Phi) is 1.78. The zero-order valence-corrected chi connectivity index (χ0v) is 10.0. The van der Waals surface area contributed by atoms with Crippen molar-refractivity contribution < 1.29 is 5.11 Å². The molecule has 2 rings (SSSR count). The molecule has 80 valence electrons. The molecule has 0 heterocycles. The fourth-order valence-electron chi connectivity index (χ4n) is 3.56. The molecule has 1 saturated carbocycles. The molecule has 2 atom stereocenters. The van der Waals surface area contributed by atoms with Crippen molar-refractivity contribution in [3.8, 4) is 0 Å². The molecule has 0 spiro atoms. The second-order valence-corrected chi connectivity index (χ2v) is 6.64. The minimum absolute atomic E-state index is 0.183. The largest absolute Gasteiger partial charge is 0.385 e. The summed E-state index contributed by atoms with van der Waals surface area (Å²) in [6.45, 7) is 11.2. The lowest BCUT2D eigenvalue weighted by Gasteiger charge is -2.32. The van der Waals surface area contributed by atoms with Crippen LogP contribution < -0.4 is 0 Å². The van der Waals surface area contributed by atoms with Gasteiger partial charge in [0, 0.05) is 5.92 Å². The Balaban J connectivity index is 2.41. The second-order valence-electron chi connectivity index (χ2n) is 6.64. The van der Waals surface area contributed by atoms with Crippen molar-refractivity contribution in [1.82, 2.24) is 0 Å². The van der Waals surface area contributed by atoms with Crippen molar-refractivity contribution in [1.29, 1.82) is 0 Å². The molecule has 0 aromatic rings. The summed E-state index contributed by atoms with van der Waals surface area (Å²) < 4.78 is 0. The van der Waals surface area contributed by atoms with Gasteiger partial charge in [0.25, 0.3) is 0 Å². The van der Waals surface area contributed by atoms with Crippen LogP contribution in [0.1, 0.15) is 47.5 Å². The Morgan fingerprint density at radius 3 is 2.36 bits per heavy atom. The number of aliphatic hydroxyl groups is 1. The van der Waals surface area contributed by atoms with Crippen molar-refractivity contribution in [2.45, 2.75) is 53.1 Å². The summed E-state index contributed by atoms with van der Waals surface area (Å²) in [5.74, 6) is 0.421. The maximum Gasteiger partial charge on any atom is 0.0871 e. The molecular weight excluding hydrogens is 172 g/mol. The first-order chi connectivity index (χ1) is 6.17. The van der Waals surface area contributed by atoms with E-state index in [-0.39, 0.29) is 5.41 Å². The Morgan fingerprint density at radius 1 is 1.29 bits per heavy atom. The number of fused-ring (bicyclic) bond motifs is 1. The summed E-state index contributed by atoms with van der Waals surface area (Å²) in [6.07, 6.45) is 4.18. The van der Waals surface area contributed by atoms with Crippen molar-refractivity contribution in [3.63, 3.8) is 0 Å². The monoisotopic (exact) mass is 194 g/mol. The van der Waals surface area contributed by atoms with E-state index in [4.69, 9.17) is 0 Å². The van der Waals surface area contributed by atoms with Gasteiger partial charge < -0.3 is 5.11 Å². The van der Waals surface area contributed by atoms with Crippen molar-refractivity contribution in [3.05, 3.63) is 11.6 Å². The predicted octanol–water partition coefficient (Wildman–Crippen LogP) is 3.14. The number of hydrogen-bond acceptors (Lipinski definition) is 1. The van der Waals surface area contributed by atoms with Gasteiger partial charge in [-0.25, -0.2) is 0 Å². The molecule has 0 aliphatic heterocycles. The van der Waals surface area contributed by atoms with E-state index in [1.165, 1.54) is 5.57 Å². The SMILES string of the molecule is CC1=CC2(O)CC(C)(C)CC2C1(C)C. The smallest absolute Gasteiger partial charge is 0.0871 e. The maximum atomic E-state index is 10.6. The van der Waals surface area contributed by atoms with Gasteiger partial charge in [-0.3, -0.25) is 0 Å². The molecule has 1 N–H and O–H groups in total. The van der Waals surface area contributed by atoms with E-state index in [0.29, 0.717) is 11.3 Å². The van der Waals surface area contributed by atoms with Crippen LogP contribution in [-0.4, -0.2) is 10.7 Å². The number of hydrogen-bond donors (Lipinski definition) is 1. The van der Waals surface area contributed by atoms with Crippen LogP contribution in [0.4, 0.5) is 0 Å². The van der Waals surface area contributed by atoms with Gasteiger partial charge in [0.05, 0.1) is 5.60 Å². The lowest BCUT2D eigenvalue weighted by molar-refractivity contribution is 0.0255. The van der Waals surface area contributed by atoms with Crippen LogP contribution in [0, 0.1) is 16.7 Å². The maximum absolute atomic E-state index is 10.6. The van der Waals surface area contributed by atoms with E-state index in [2.05, 4.69) is 40.7 Å². The Hall–Kier alpha value is -0.300. The number of allylic oxidation sites excluding steroid dienone is 1. The van der Waals surface area contributed by atoms with Gasteiger partial charge in [0.15, 0.2) is 0 Å². The molecule has 2 aliphatic rings. The average Bonchev–Trinajstić information content (AvgIpc) is 2.27. The van der Waals surface area contributed by atoms with Crippen LogP contribution in [0.3, 0.4) is 0 Å². The standard InChI is InChI=1S/C13H22O/c1-9-6-13(14)8-11(2,3)7-10(13)12(9,4)5/h6,10,14H,7-8H2,1-5H3. The zero-order chi connectivity index (χ0) is 10.8. The van der Waals surface area contributed by atoms with Crippen LogP contribution >= 0.6 is 0 Å². The van der Waals surface area contributed by atoms with Crippen LogP contribution in [0.2, 0.25) is 0 Å². The molecule has 2 aliphatic carbocycles. The minimum atomic E-state index is -0.517. The second kappa shape index (κ2) is 2.44. The normalized spacial score (nSPS) is 43.6. The lowest BCUT2D eigenvalue weighted by atomic mass is 9.73. The highest BCUT2D eigenvalue weighted by Crippen LogP contribution is 2.61. The third-order valence-electron chi connectivity index (χ3n) is 4.48. The van der Waals surface area contributed by atoms with Gasteiger partial charge in [-0.15, -0.1) is 0 Å². The van der Waals surface area contributed by atoms with Gasteiger partial charge in [0.1, 0.15) is 0 Å². The Morgan fingerprint density at radius 2 is 1.86 bits per heavy atom. The fourth-order valence-corrected chi connectivity index (χ4v) is 3.56. The first kappa shape index (κ1) is 10.2. The molecule has 1 heteroatoms. The zero-order valence-electron chi connectivity index (χ0n) is 10.0. The van der Waals surface area contributed by atoms with Crippen LogP contribution in [0.25, 0.3) is 0 Å². The highest BCUT2D eigenvalue weighted by atomic mass is 16.3. The first-order valence-electron chi connectivity index (χ1n) is 5.60. The highest BCUT2D eigenvalue weighted by Gasteiger charge is 2.58. The third kappa shape index (κ3) is 1.18. The number of rotatable bonds is 0. The molecule has 0 radical (unpaired) electrons. The summed E-state index contributed by atoms with van der Waals surface area (Å²) in [4.78, 5) is 0. The van der Waals surface area contributed by atoms with Crippen molar-refractivity contribution >= 4 is 0 Å². The van der Waals surface area contributed by atoms with Gasteiger partial charge in [0.2, 0.25) is 0 Å². The molecular formula is C13H22O. The van der Waals surface area contributed by atoms with E-state index in [1.807, 2.05) is 0 Å². The van der Waals surface area contributed by atoms with Gasteiger partial charge in [-0.1, -0.05) is 39.3 Å². The van der Waals surface area contributed by atoms with E-state index in [9.17, 15) is 5.11 Å². The molecule has 14 heavy (non-hydrogen) atoms. The molecule has 1 fully saturated rings. The quantitative estimate of drug-likeness (QED) is 0.587. The summed E-state index contributed by atoms with van der Waals surface area (Å²) in [5.41, 5.74) is 1.33. The topological polar surface area (TPSA) is 20.2 Å². The molecule has 0 aromatic heterocycles. The van der Waals surface area contributed by atoms with E-state index in [1.54, 1.807) is 0 Å². The van der Waals surface area contributed by atoms with E-state index < -0.39 is 5.60 Å². The van der Waals surface area contributed by atoms with Gasteiger partial charge in [-0.05, 0) is 30.6 Å². The molecule has 2 unspecified atom stereocenters. The first-order valence-corrected chi connectivity index (χ1v) is 5.60. The third-order valence-corrected chi connectivity index (χ3v) is 4.48. The average molecular weight is 194 g/mol. The fraction of sp³-hybridized carbons (Fsp3) is 0.846. The summed E-state index contributed by atoms with van der Waals surface area (Å²) >= 11 is 0. The molecule has 0 saturated heterocycles. The molecule has 1 nitrogen and oxygen atoms in total. The summed E-state index contributed by atoms with van der Waals surface area (Å²) in [6, 6.07) is 0. The lowest BCUT2D eigenvalue weighted by Crippen LogP contribution is -2.34. The summed E-state index contributed by atoms with van der Waals surface area (Å²) in [7, 11) is 0. The Bertz CT molecular complexity index is 298. The van der Waals surface area contributed by atoms with Crippen molar-refractivity contribution in [2.75, 3.05) is 0 Å². The molecule has 0 aromatic carbocycles. The van der Waals surface area contributed by atoms with Crippen LogP contribution in [0.15, 0.2) is 11.6 Å². The molecule has 0 bridgehead atoms. The van der Waals surface area contributed by atoms with Gasteiger partial charge in [-0.2, -0.15) is 0 Å². The van der Waals surface area contributed by atoms with Gasteiger partial charge >= 0.3 is 0 Å². The minimum Gasteiger partial charge on any atom is -0.385 e. The highest BCUT2D eigenvalue weighted by molar-refractivity contribution is 5.31. The van der Waals surface area contributed by atoms with Crippen LogP contribution in [0.5, 0.6) is 0 Å². The summed E-state index contributed by atoms with van der Waals surface area (Å²) in [5, 5.41) is 10.6. The van der Waals surface area contributed by atoms with E-state index in [0.717, 1.165) is 12.8 Å². The van der Waals surface area contributed by atoms with Crippen LogP contribution in [-0.2, 0) is 0 Å². The van der Waals surface area contributed by atoms with Crippen molar-refractivity contribution in [2.24, 2.45) is 16.7 Å². The predicted molar refractivity (Wildman–Crippen MR) is 59.0 cm³/mol. The Labute approximate surface area is 87.2 Å².